The minimum Gasteiger partial charge on any atom is -0.274 e. The number of rotatable bonds is 4. The average Bonchev–Trinajstić information content (AvgIpc) is 2.87. The summed E-state index contributed by atoms with van der Waals surface area (Å²) in [4.78, 5) is 25.9. The van der Waals surface area contributed by atoms with Crippen molar-refractivity contribution in [2.45, 2.75) is 26.2 Å². The van der Waals surface area contributed by atoms with E-state index in [1.807, 2.05) is 6.92 Å². The molecule has 0 radical (unpaired) electrons. The van der Waals surface area contributed by atoms with Crippen molar-refractivity contribution in [1.29, 1.82) is 0 Å². The molecule has 0 unspecified atom stereocenters. The highest BCUT2D eigenvalue weighted by Crippen LogP contribution is 2.21. The number of halogens is 2. The van der Waals surface area contributed by atoms with E-state index >= 15 is 0 Å². The van der Waals surface area contributed by atoms with E-state index in [-0.39, 0.29) is 5.91 Å². The molecule has 3 aromatic rings. The fraction of sp³-hybridized carbons (Fsp3) is 0.333. The monoisotopic (exact) mass is 336 g/mol. The number of alkyl halides is 1. The Morgan fingerprint density at radius 3 is 2.77 bits per heavy atom. The summed E-state index contributed by atoms with van der Waals surface area (Å²) in [5, 5.41) is 0.592. The van der Waals surface area contributed by atoms with Gasteiger partial charge in [-0.1, -0.05) is 18.5 Å². The van der Waals surface area contributed by atoms with E-state index in [0.717, 1.165) is 0 Å². The normalized spacial score (nSPS) is 11.4. The largest absolute Gasteiger partial charge is 0.274 e. The van der Waals surface area contributed by atoms with Crippen molar-refractivity contribution < 1.29 is 4.79 Å². The van der Waals surface area contributed by atoms with E-state index < -0.39 is 0 Å². The molecule has 0 atom stereocenters. The van der Waals surface area contributed by atoms with Gasteiger partial charge in [0.1, 0.15) is 5.82 Å². The van der Waals surface area contributed by atoms with Gasteiger partial charge in [0.05, 0.1) is 11.0 Å². The summed E-state index contributed by atoms with van der Waals surface area (Å²) in [5.74, 6) is 1.06. The predicted molar refractivity (Wildman–Crippen MR) is 87.8 cm³/mol. The first-order valence-corrected chi connectivity index (χ1v) is 7.99. The molecule has 0 saturated carbocycles. The highest BCUT2D eigenvalue weighted by Gasteiger charge is 2.18. The lowest BCUT2D eigenvalue weighted by Crippen LogP contribution is -2.14. The molecule has 0 aliphatic rings. The predicted octanol–water partition coefficient (Wildman–Crippen LogP) is 3.85. The fourth-order valence-electron chi connectivity index (χ4n) is 2.36. The molecular formula is C15H14Cl2N4O. The Morgan fingerprint density at radius 1 is 1.23 bits per heavy atom. The summed E-state index contributed by atoms with van der Waals surface area (Å²) in [6, 6.07) is 5.28. The van der Waals surface area contributed by atoms with Crippen LogP contribution in [0.2, 0.25) is 5.02 Å². The number of benzene rings is 1. The number of fused-ring (bicyclic) bond motifs is 2. The fourth-order valence-corrected chi connectivity index (χ4v) is 2.66. The molecule has 0 fully saturated rings. The third kappa shape index (κ3) is 2.66. The second kappa shape index (κ2) is 6.18. The standard InChI is InChI=1S/C15H14Cl2N4O/c1-2-12-20-14-15(21(12)13(22)4-3-7-16)19-10-6-5-9(17)8-11(10)18-14/h5-6,8H,2-4,7H2,1H3. The number of hydrogen-bond acceptors (Lipinski definition) is 4. The molecular weight excluding hydrogens is 323 g/mol. The molecule has 5 nitrogen and oxygen atoms in total. The van der Waals surface area contributed by atoms with Crippen LogP contribution in [0, 0.1) is 0 Å². The smallest absolute Gasteiger partial charge is 0.233 e. The first-order valence-electron chi connectivity index (χ1n) is 7.08. The Labute approximate surface area is 137 Å². The van der Waals surface area contributed by atoms with Gasteiger partial charge in [-0.25, -0.2) is 19.5 Å². The first kappa shape index (κ1) is 15.2. The average molecular weight is 337 g/mol. The maximum atomic E-state index is 12.4. The molecule has 2 heterocycles. The molecule has 7 heteroatoms. The quantitative estimate of drug-likeness (QED) is 0.679. The lowest BCUT2D eigenvalue weighted by molar-refractivity contribution is 0.0903. The molecule has 0 amide bonds. The number of aryl methyl sites for hydroxylation is 1. The van der Waals surface area contributed by atoms with Gasteiger partial charge in [-0.15, -0.1) is 11.6 Å². The molecule has 3 rings (SSSR count). The molecule has 114 valence electrons. The van der Waals surface area contributed by atoms with Crippen molar-refractivity contribution in [1.82, 2.24) is 19.5 Å². The number of carbonyl (C=O) groups excluding carboxylic acids is 1. The van der Waals surface area contributed by atoms with Gasteiger partial charge in [-0.05, 0) is 24.6 Å². The van der Waals surface area contributed by atoms with Crippen LogP contribution in [-0.2, 0) is 6.42 Å². The number of aromatic nitrogens is 4. The highest BCUT2D eigenvalue weighted by atomic mass is 35.5. The van der Waals surface area contributed by atoms with Crippen molar-refractivity contribution in [2.75, 3.05) is 5.88 Å². The molecule has 0 aliphatic carbocycles. The van der Waals surface area contributed by atoms with Gasteiger partial charge in [0.2, 0.25) is 5.91 Å². The molecule has 0 saturated heterocycles. The summed E-state index contributed by atoms with van der Waals surface area (Å²) >= 11 is 11.7. The third-order valence-electron chi connectivity index (χ3n) is 3.38. The third-order valence-corrected chi connectivity index (χ3v) is 3.89. The molecule has 0 spiro atoms. The topological polar surface area (TPSA) is 60.7 Å². The van der Waals surface area contributed by atoms with Crippen molar-refractivity contribution in [3.63, 3.8) is 0 Å². The van der Waals surface area contributed by atoms with Gasteiger partial charge < -0.3 is 0 Å². The minimum absolute atomic E-state index is 0.0531. The number of nitrogens with zero attached hydrogens (tertiary/aromatic N) is 4. The van der Waals surface area contributed by atoms with Crippen molar-refractivity contribution in [2.24, 2.45) is 0 Å². The van der Waals surface area contributed by atoms with Crippen LogP contribution in [0.25, 0.3) is 22.3 Å². The van der Waals surface area contributed by atoms with E-state index in [1.54, 1.807) is 22.8 Å². The Hall–Kier alpha value is -1.72. The zero-order chi connectivity index (χ0) is 15.7. The van der Waals surface area contributed by atoms with Crippen LogP contribution >= 0.6 is 23.2 Å². The van der Waals surface area contributed by atoms with Gasteiger partial charge in [-0.2, -0.15) is 0 Å². The van der Waals surface area contributed by atoms with Crippen molar-refractivity contribution in [3.8, 4) is 0 Å². The van der Waals surface area contributed by atoms with Gasteiger partial charge in [-0.3, -0.25) is 4.79 Å². The Balaban J connectivity index is 2.21. The summed E-state index contributed by atoms with van der Waals surface area (Å²) < 4.78 is 1.56. The zero-order valence-corrected chi connectivity index (χ0v) is 13.5. The maximum absolute atomic E-state index is 12.4. The van der Waals surface area contributed by atoms with Crippen LogP contribution in [0.1, 0.15) is 30.4 Å². The molecule has 1 aromatic carbocycles. The van der Waals surface area contributed by atoms with Gasteiger partial charge >= 0.3 is 0 Å². The summed E-state index contributed by atoms with van der Waals surface area (Å²) in [5.41, 5.74) is 2.31. The van der Waals surface area contributed by atoms with Crippen LogP contribution in [0.15, 0.2) is 18.2 Å². The van der Waals surface area contributed by atoms with E-state index in [2.05, 4.69) is 15.0 Å². The van der Waals surface area contributed by atoms with E-state index in [4.69, 9.17) is 23.2 Å². The summed E-state index contributed by atoms with van der Waals surface area (Å²) in [7, 11) is 0. The van der Waals surface area contributed by atoms with Crippen molar-refractivity contribution in [3.05, 3.63) is 29.0 Å². The van der Waals surface area contributed by atoms with Crippen LogP contribution in [0.3, 0.4) is 0 Å². The molecule has 22 heavy (non-hydrogen) atoms. The van der Waals surface area contributed by atoms with Crippen LogP contribution in [-0.4, -0.2) is 31.3 Å². The molecule has 0 bridgehead atoms. The number of carbonyl (C=O) groups is 1. The highest BCUT2D eigenvalue weighted by molar-refractivity contribution is 6.31. The minimum atomic E-state index is -0.0531. The lowest BCUT2D eigenvalue weighted by atomic mass is 10.3. The number of hydrogen-bond donors (Lipinski definition) is 0. The maximum Gasteiger partial charge on any atom is 0.233 e. The molecule has 2 aromatic heterocycles. The van der Waals surface area contributed by atoms with Crippen LogP contribution in [0.4, 0.5) is 0 Å². The molecule has 0 N–H and O–H groups in total. The van der Waals surface area contributed by atoms with Crippen molar-refractivity contribution >= 4 is 51.4 Å². The van der Waals surface area contributed by atoms with E-state index in [9.17, 15) is 4.79 Å². The van der Waals surface area contributed by atoms with Gasteiger partial charge in [0.15, 0.2) is 11.3 Å². The summed E-state index contributed by atoms with van der Waals surface area (Å²) in [6.45, 7) is 1.95. The Bertz CT molecular complexity index is 859. The second-order valence-corrected chi connectivity index (χ2v) is 5.72. The molecule has 0 aliphatic heterocycles. The lowest BCUT2D eigenvalue weighted by Gasteiger charge is -2.05. The second-order valence-electron chi connectivity index (χ2n) is 4.91. The Morgan fingerprint density at radius 2 is 2.05 bits per heavy atom. The summed E-state index contributed by atoms with van der Waals surface area (Å²) in [6.07, 6.45) is 1.61. The van der Waals surface area contributed by atoms with Crippen LogP contribution < -0.4 is 0 Å². The van der Waals surface area contributed by atoms with E-state index in [1.165, 1.54) is 0 Å². The zero-order valence-electron chi connectivity index (χ0n) is 12.0. The van der Waals surface area contributed by atoms with Gasteiger partial charge in [0.25, 0.3) is 0 Å². The van der Waals surface area contributed by atoms with E-state index in [0.29, 0.717) is 58.3 Å². The number of imidazole rings is 1. The van der Waals surface area contributed by atoms with Crippen LogP contribution in [0.5, 0.6) is 0 Å². The first-order chi connectivity index (χ1) is 10.6. The van der Waals surface area contributed by atoms with Gasteiger partial charge in [0, 0.05) is 23.7 Å². The SMILES string of the molecule is CCc1nc2nc3cc(Cl)ccc3nc2n1C(=O)CCCCl. The Kier molecular flexibility index (Phi) is 4.27.